The largest absolute Gasteiger partial charge is 0.494 e. The second-order valence-corrected chi connectivity index (χ2v) is 8.32. The summed E-state index contributed by atoms with van der Waals surface area (Å²) in [4.78, 5) is 20.1. The molecule has 2 aromatic rings. The van der Waals surface area contributed by atoms with Crippen molar-refractivity contribution >= 4 is 17.1 Å². The fourth-order valence-corrected chi connectivity index (χ4v) is 4.95. The number of carbonyl (C=O) groups is 1. The standard InChI is InChI=1S/C21H26N2O2S/c1-15-5-3-12-23(15)13-4-14-25-17-10-8-16(9-11-17)21-22-18-6-2-7-19(24)20(18)26-21/h8-11,15H,2-7,12-14H2,1H3. The highest BCUT2D eigenvalue weighted by atomic mass is 32.1. The molecule has 1 unspecified atom stereocenters. The number of aromatic nitrogens is 1. The number of thiazole rings is 1. The molecule has 0 spiro atoms. The zero-order valence-electron chi connectivity index (χ0n) is 15.4. The first kappa shape index (κ1) is 17.7. The van der Waals surface area contributed by atoms with E-state index in [9.17, 15) is 4.79 Å². The molecule has 2 aliphatic rings. The molecule has 0 amide bonds. The second kappa shape index (κ2) is 7.89. The van der Waals surface area contributed by atoms with Crippen LogP contribution in [0.4, 0.5) is 0 Å². The molecule has 1 aromatic carbocycles. The Labute approximate surface area is 159 Å². The van der Waals surface area contributed by atoms with E-state index in [1.165, 1.54) is 30.7 Å². The van der Waals surface area contributed by atoms with Gasteiger partial charge in [0.1, 0.15) is 10.8 Å². The van der Waals surface area contributed by atoms with Crippen molar-refractivity contribution in [3.8, 4) is 16.3 Å². The van der Waals surface area contributed by atoms with Crippen LogP contribution in [0.25, 0.3) is 10.6 Å². The molecule has 26 heavy (non-hydrogen) atoms. The van der Waals surface area contributed by atoms with E-state index in [1.807, 2.05) is 24.3 Å². The van der Waals surface area contributed by atoms with Crippen molar-refractivity contribution in [1.29, 1.82) is 0 Å². The Morgan fingerprint density at radius 2 is 2.08 bits per heavy atom. The van der Waals surface area contributed by atoms with Gasteiger partial charge in [0.2, 0.25) is 0 Å². The minimum Gasteiger partial charge on any atom is -0.494 e. The molecule has 5 heteroatoms. The van der Waals surface area contributed by atoms with Gasteiger partial charge in [-0.25, -0.2) is 4.98 Å². The van der Waals surface area contributed by atoms with E-state index >= 15 is 0 Å². The summed E-state index contributed by atoms with van der Waals surface area (Å²) in [6.07, 6.45) is 6.24. The summed E-state index contributed by atoms with van der Waals surface area (Å²) in [5, 5.41) is 0.944. The number of nitrogens with zero attached hydrogens (tertiary/aromatic N) is 2. The molecule has 4 nitrogen and oxygen atoms in total. The molecule has 0 saturated carbocycles. The number of rotatable bonds is 6. The van der Waals surface area contributed by atoms with Gasteiger partial charge in [0.15, 0.2) is 5.78 Å². The molecule has 1 fully saturated rings. The Bertz CT molecular complexity index is 769. The van der Waals surface area contributed by atoms with Gasteiger partial charge in [0, 0.05) is 24.6 Å². The van der Waals surface area contributed by atoms with Crippen LogP contribution in [0.1, 0.15) is 54.4 Å². The van der Waals surface area contributed by atoms with Gasteiger partial charge in [-0.15, -0.1) is 11.3 Å². The smallest absolute Gasteiger partial charge is 0.174 e. The molecule has 1 aliphatic carbocycles. The maximum atomic E-state index is 12.0. The second-order valence-electron chi connectivity index (χ2n) is 7.33. The Morgan fingerprint density at radius 3 is 2.81 bits per heavy atom. The lowest BCUT2D eigenvalue weighted by Crippen LogP contribution is -2.28. The Morgan fingerprint density at radius 1 is 1.23 bits per heavy atom. The van der Waals surface area contributed by atoms with Crippen LogP contribution in [0.2, 0.25) is 0 Å². The van der Waals surface area contributed by atoms with E-state index in [0.29, 0.717) is 6.42 Å². The number of hydrogen-bond acceptors (Lipinski definition) is 5. The third kappa shape index (κ3) is 3.84. The van der Waals surface area contributed by atoms with Gasteiger partial charge in [-0.2, -0.15) is 0 Å². The molecule has 0 bridgehead atoms. The molecule has 2 heterocycles. The first-order chi connectivity index (χ1) is 12.7. The summed E-state index contributed by atoms with van der Waals surface area (Å²) >= 11 is 1.53. The number of ketones is 1. The van der Waals surface area contributed by atoms with Gasteiger partial charge in [0.25, 0.3) is 0 Å². The Kier molecular flexibility index (Phi) is 5.36. The van der Waals surface area contributed by atoms with Crippen LogP contribution < -0.4 is 4.74 Å². The van der Waals surface area contributed by atoms with E-state index < -0.39 is 0 Å². The monoisotopic (exact) mass is 370 g/mol. The van der Waals surface area contributed by atoms with Gasteiger partial charge in [-0.05, 0) is 69.8 Å². The predicted molar refractivity (Wildman–Crippen MR) is 105 cm³/mol. The van der Waals surface area contributed by atoms with E-state index in [1.54, 1.807) is 0 Å². The number of likely N-dealkylation sites (tertiary alicyclic amines) is 1. The molecule has 0 N–H and O–H groups in total. The van der Waals surface area contributed by atoms with Gasteiger partial charge in [0.05, 0.1) is 17.2 Å². The first-order valence-corrected chi connectivity index (χ1v) is 10.5. The van der Waals surface area contributed by atoms with Crippen LogP contribution in [0, 0.1) is 0 Å². The lowest BCUT2D eigenvalue weighted by molar-refractivity contribution is 0.0976. The molecule has 138 valence electrons. The van der Waals surface area contributed by atoms with Crippen molar-refractivity contribution in [3.63, 3.8) is 0 Å². The number of Topliss-reactive ketones (excluding diaryl/α,β-unsaturated/α-hetero) is 1. The van der Waals surface area contributed by atoms with Crippen LogP contribution in [0.3, 0.4) is 0 Å². The van der Waals surface area contributed by atoms with E-state index in [-0.39, 0.29) is 5.78 Å². The van der Waals surface area contributed by atoms with Crippen LogP contribution in [-0.4, -0.2) is 41.4 Å². The van der Waals surface area contributed by atoms with Gasteiger partial charge in [-0.3, -0.25) is 4.79 Å². The van der Waals surface area contributed by atoms with Crippen molar-refractivity contribution in [1.82, 2.24) is 9.88 Å². The summed E-state index contributed by atoms with van der Waals surface area (Å²) < 4.78 is 5.89. The molecular weight excluding hydrogens is 344 g/mol. The number of carbonyl (C=O) groups excluding carboxylic acids is 1. The van der Waals surface area contributed by atoms with Crippen molar-refractivity contribution in [3.05, 3.63) is 34.8 Å². The van der Waals surface area contributed by atoms with Gasteiger partial charge >= 0.3 is 0 Å². The van der Waals surface area contributed by atoms with E-state index in [0.717, 1.165) is 65.3 Å². The molecule has 4 rings (SSSR count). The first-order valence-electron chi connectivity index (χ1n) is 9.71. The van der Waals surface area contributed by atoms with Crippen LogP contribution in [0.15, 0.2) is 24.3 Å². The van der Waals surface area contributed by atoms with E-state index in [2.05, 4.69) is 16.8 Å². The summed E-state index contributed by atoms with van der Waals surface area (Å²) in [7, 11) is 0. The zero-order valence-corrected chi connectivity index (χ0v) is 16.2. The fourth-order valence-electron chi connectivity index (χ4n) is 3.87. The lowest BCUT2D eigenvalue weighted by Gasteiger charge is -2.20. The molecule has 1 aromatic heterocycles. The predicted octanol–water partition coefficient (Wildman–Crippen LogP) is 4.58. The highest BCUT2D eigenvalue weighted by molar-refractivity contribution is 7.17. The van der Waals surface area contributed by atoms with Crippen LogP contribution in [-0.2, 0) is 6.42 Å². The zero-order chi connectivity index (χ0) is 17.9. The minimum absolute atomic E-state index is 0.252. The maximum Gasteiger partial charge on any atom is 0.174 e. The highest BCUT2D eigenvalue weighted by Gasteiger charge is 2.22. The lowest BCUT2D eigenvalue weighted by atomic mass is 10.0. The third-order valence-corrected chi connectivity index (χ3v) is 6.61. The average Bonchev–Trinajstić information content (AvgIpc) is 3.26. The van der Waals surface area contributed by atoms with Crippen molar-refractivity contribution in [2.75, 3.05) is 19.7 Å². The fraction of sp³-hybridized carbons (Fsp3) is 0.524. The Hall–Kier alpha value is -1.72. The van der Waals surface area contributed by atoms with Crippen molar-refractivity contribution < 1.29 is 9.53 Å². The van der Waals surface area contributed by atoms with Crippen LogP contribution in [0.5, 0.6) is 5.75 Å². The minimum atomic E-state index is 0.252. The number of hydrogen-bond donors (Lipinski definition) is 0. The quantitative estimate of drug-likeness (QED) is 0.698. The summed E-state index contributed by atoms with van der Waals surface area (Å²) in [6.45, 7) is 5.42. The molecule has 1 aliphatic heterocycles. The third-order valence-electron chi connectivity index (χ3n) is 5.42. The summed E-state index contributed by atoms with van der Waals surface area (Å²) in [5.74, 6) is 1.16. The summed E-state index contributed by atoms with van der Waals surface area (Å²) in [6, 6.07) is 8.84. The topological polar surface area (TPSA) is 42.4 Å². The van der Waals surface area contributed by atoms with Crippen molar-refractivity contribution in [2.24, 2.45) is 0 Å². The number of ether oxygens (including phenoxy) is 1. The van der Waals surface area contributed by atoms with Gasteiger partial charge in [-0.1, -0.05) is 0 Å². The van der Waals surface area contributed by atoms with Gasteiger partial charge < -0.3 is 9.64 Å². The average molecular weight is 371 g/mol. The SMILES string of the molecule is CC1CCCN1CCCOc1ccc(-c2nc3c(s2)C(=O)CCC3)cc1. The van der Waals surface area contributed by atoms with Crippen molar-refractivity contribution in [2.45, 2.75) is 51.5 Å². The normalized spacial score (nSPS) is 20.3. The highest BCUT2D eigenvalue weighted by Crippen LogP contribution is 2.33. The number of aryl methyl sites for hydroxylation is 1. The molecule has 1 saturated heterocycles. The molecule has 0 radical (unpaired) electrons. The van der Waals surface area contributed by atoms with Crippen LogP contribution >= 0.6 is 11.3 Å². The Balaban J connectivity index is 1.31. The van der Waals surface area contributed by atoms with E-state index in [4.69, 9.17) is 4.74 Å². The molecule has 1 atom stereocenters. The maximum absolute atomic E-state index is 12.0. The number of fused-ring (bicyclic) bond motifs is 1. The molecular formula is C21H26N2O2S. The number of benzene rings is 1. The summed E-state index contributed by atoms with van der Waals surface area (Å²) in [5.41, 5.74) is 2.05.